The second-order valence-corrected chi connectivity index (χ2v) is 5.28. The molecule has 0 atom stereocenters. The predicted octanol–water partition coefficient (Wildman–Crippen LogP) is 1.05. The third-order valence-corrected chi connectivity index (χ3v) is 3.14. The first kappa shape index (κ1) is 14.0. The van der Waals surface area contributed by atoms with Crippen LogP contribution in [0.3, 0.4) is 0 Å². The summed E-state index contributed by atoms with van der Waals surface area (Å²) in [4.78, 5) is 11.5. The predicted molar refractivity (Wildman–Crippen MR) is 65.5 cm³/mol. The molecule has 0 aliphatic carbocycles. The SMILES string of the molecule is COC(=O)c1cc(C)ccc1NS(=O)(=O)CC#N. The lowest BCUT2D eigenvalue weighted by Crippen LogP contribution is -2.18. The lowest BCUT2D eigenvalue weighted by molar-refractivity contribution is 0.0602. The summed E-state index contributed by atoms with van der Waals surface area (Å²) in [6.07, 6.45) is 0. The average Bonchev–Trinajstić information content (AvgIpc) is 2.30. The highest BCUT2D eigenvalue weighted by Gasteiger charge is 2.17. The minimum absolute atomic E-state index is 0.0997. The molecular formula is C11H12N2O4S. The van der Waals surface area contributed by atoms with Crippen LogP contribution in [0.15, 0.2) is 18.2 Å². The summed E-state index contributed by atoms with van der Waals surface area (Å²) in [6.45, 7) is 1.76. The van der Waals surface area contributed by atoms with Crippen LogP contribution in [-0.2, 0) is 14.8 Å². The summed E-state index contributed by atoms with van der Waals surface area (Å²) in [5.41, 5.74) is 1.00. The third-order valence-electron chi connectivity index (χ3n) is 2.10. The van der Waals surface area contributed by atoms with Crippen LogP contribution in [0.2, 0.25) is 0 Å². The van der Waals surface area contributed by atoms with Gasteiger partial charge < -0.3 is 4.74 Å². The van der Waals surface area contributed by atoms with E-state index in [4.69, 9.17) is 5.26 Å². The summed E-state index contributed by atoms with van der Waals surface area (Å²) < 4.78 is 29.7. The number of rotatable bonds is 4. The van der Waals surface area contributed by atoms with Crippen LogP contribution < -0.4 is 4.72 Å². The Morgan fingerprint density at radius 3 is 2.72 bits per heavy atom. The molecule has 0 saturated carbocycles. The Morgan fingerprint density at radius 1 is 1.50 bits per heavy atom. The molecule has 0 fully saturated rings. The molecule has 0 unspecified atom stereocenters. The molecule has 1 N–H and O–H groups in total. The smallest absolute Gasteiger partial charge is 0.340 e. The number of anilines is 1. The fourth-order valence-corrected chi connectivity index (χ4v) is 2.07. The number of methoxy groups -OCH3 is 1. The van der Waals surface area contributed by atoms with Crippen molar-refractivity contribution >= 4 is 21.7 Å². The van der Waals surface area contributed by atoms with Crippen LogP contribution >= 0.6 is 0 Å². The molecule has 0 heterocycles. The number of sulfonamides is 1. The van der Waals surface area contributed by atoms with Gasteiger partial charge in [-0.2, -0.15) is 5.26 Å². The summed E-state index contributed by atoms with van der Waals surface area (Å²) in [5.74, 6) is -1.32. The molecule has 0 saturated heterocycles. The van der Waals surface area contributed by atoms with Gasteiger partial charge in [0.1, 0.15) is 0 Å². The molecule has 1 rings (SSSR count). The first-order valence-corrected chi connectivity index (χ1v) is 6.61. The van der Waals surface area contributed by atoms with Crippen molar-refractivity contribution in [2.45, 2.75) is 6.92 Å². The van der Waals surface area contributed by atoms with Gasteiger partial charge in [-0.15, -0.1) is 0 Å². The standard InChI is InChI=1S/C11H12N2O4S/c1-8-3-4-10(9(7-8)11(14)17-2)13-18(15,16)6-5-12/h3-4,7,13H,6H2,1-2H3. The first-order chi connectivity index (χ1) is 8.39. The van der Waals surface area contributed by atoms with Gasteiger partial charge in [-0.05, 0) is 19.1 Å². The highest BCUT2D eigenvalue weighted by atomic mass is 32.2. The van der Waals surface area contributed by atoms with E-state index in [2.05, 4.69) is 9.46 Å². The van der Waals surface area contributed by atoms with E-state index in [0.717, 1.165) is 5.56 Å². The second kappa shape index (κ2) is 5.51. The molecule has 18 heavy (non-hydrogen) atoms. The zero-order valence-corrected chi connectivity index (χ0v) is 10.7. The molecule has 0 aliphatic rings. The lowest BCUT2D eigenvalue weighted by Gasteiger charge is -2.10. The zero-order chi connectivity index (χ0) is 13.8. The molecule has 1 aromatic carbocycles. The van der Waals surface area contributed by atoms with Gasteiger partial charge in [-0.1, -0.05) is 11.6 Å². The summed E-state index contributed by atoms with van der Waals surface area (Å²) in [7, 11) is -2.57. The number of nitriles is 1. The molecule has 96 valence electrons. The summed E-state index contributed by atoms with van der Waals surface area (Å²) in [5, 5.41) is 8.39. The number of benzene rings is 1. The topological polar surface area (TPSA) is 96.3 Å². The van der Waals surface area contributed by atoms with Crippen molar-refractivity contribution in [3.8, 4) is 6.07 Å². The van der Waals surface area contributed by atoms with E-state index >= 15 is 0 Å². The molecule has 0 amide bonds. The summed E-state index contributed by atoms with van der Waals surface area (Å²) >= 11 is 0. The molecule has 7 heteroatoms. The van der Waals surface area contributed by atoms with Crippen LogP contribution in [0, 0.1) is 18.3 Å². The summed E-state index contributed by atoms with van der Waals surface area (Å²) in [6, 6.07) is 6.15. The van der Waals surface area contributed by atoms with Crippen molar-refractivity contribution < 1.29 is 17.9 Å². The van der Waals surface area contributed by atoms with Gasteiger partial charge in [0.15, 0.2) is 5.75 Å². The van der Waals surface area contributed by atoms with Crippen molar-refractivity contribution in [2.24, 2.45) is 0 Å². The van der Waals surface area contributed by atoms with Gasteiger partial charge in [-0.3, -0.25) is 4.72 Å². The van der Waals surface area contributed by atoms with Crippen molar-refractivity contribution in [3.05, 3.63) is 29.3 Å². The molecule has 0 bridgehead atoms. The zero-order valence-electron chi connectivity index (χ0n) is 9.93. The van der Waals surface area contributed by atoms with Crippen LogP contribution in [-0.4, -0.2) is 27.2 Å². The maximum absolute atomic E-state index is 11.5. The van der Waals surface area contributed by atoms with Gasteiger partial charge >= 0.3 is 5.97 Å². The average molecular weight is 268 g/mol. The molecule has 0 radical (unpaired) electrons. The molecule has 0 spiro atoms. The Balaban J connectivity index is 3.18. The van der Waals surface area contributed by atoms with Gasteiger partial charge in [-0.25, -0.2) is 13.2 Å². The molecule has 0 aliphatic heterocycles. The lowest BCUT2D eigenvalue weighted by atomic mass is 10.1. The Kier molecular flexibility index (Phi) is 4.28. The first-order valence-electron chi connectivity index (χ1n) is 4.96. The van der Waals surface area contributed by atoms with E-state index in [9.17, 15) is 13.2 Å². The van der Waals surface area contributed by atoms with Crippen LogP contribution in [0.5, 0.6) is 0 Å². The van der Waals surface area contributed by atoms with Crippen LogP contribution in [0.1, 0.15) is 15.9 Å². The quantitative estimate of drug-likeness (QED) is 0.823. The van der Waals surface area contributed by atoms with Gasteiger partial charge in [0.05, 0.1) is 24.4 Å². The highest BCUT2D eigenvalue weighted by molar-refractivity contribution is 7.92. The van der Waals surface area contributed by atoms with Crippen LogP contribution in [0.4, 0.5) is 5.69 Å². The normalized spacial score (nSPS) is 10.5. The number of esters is 1. The van der Waals surface area contributed by atoms with E-state index in [1.54, 1.807) is 13.0 Å². The van der Waals surface area contributed by atoms with Crippen LogP contribution in [0.25, 0.3) is 0 Å². The minimum atomic E-state index is -3.78. The van der Waals surface area contributed by atoms with Gasteiger partial charge in [0.25, 0.3) is 0 Å². The number of nitrogens with one attached hydrogen (secondary N) is 1. The highest BCUT2D eigenvalue weighted by Crippen LogP contribution is 2.19. The van der Waals surface area contributed by atoms with Crippen molar-refractivity contribution in [1.82, 2.24) is 0 Å². The number of nitrogens with zero attached hydrogens (tertiary/aromatic N) is 1. The number of aryl methyl sites for hydroxylation is 1. The number of ether oxygens (including phenoxy) is 1. The molecule has 0 aromatic heterocycles. The number of hydrogen-bond acceptors (Lipinski definition) is 5. The Labute approximate surface area is 105 Å². The Hall–Kier alpha value is -2.07. The Morgan fingerprint density at radius 2 is 2.17 bits per heavy atom. The number of carbonyl (C=O) groups excluding carboxylic acids is 1. The van der Waals surface area contributed by atoms with Gasteiger partial charge in [0.2, 0.25) is 10.0 Å². The molecule has 1 aromatic rings. The molecule has 6 nitrogen and oxygen atoms in total. The third kappa shape index (κ3) is 3.46. The van der Waals surface area contributed by atoms with E-state index in [-0.39, 0.29) is 11.3 Å². The maximum Gasteiger partial charge on any atom is 0.340 e. The maximum atomic E-state index is 11.5. The largest absolute Gasteiger partial charge is 0.465 e. The number of hydrogen-bond donors (Lipinski definition) is 1. The number of carbonyl (C=O) groups is 1. The van der Waals surface area contributed by atoms with Crippen molar-refractivity contribution in [2.75, 3.05) is 17.6 Å². The monoisotopic (exact) mass is 268 g/mol. The van der Waals surface area contributed by atoms with Gasteiger partial charge in [0, 0.05) is 0 Å². The fourth-order valence-electron chi connectivity index (χ4n) is 1.31. The van der Waals surface area contributed by atoms with E-state index in [1.807, 2.05) is 0 Å². The minimum Gasteiger partial charge on any atom is -0.465 e. The van der Waals surface area contributed by atoms with E-state index in [0.29, 0.717) is 0 Å². The molecular weight excluding hydrogens is 256 g/mol. The Bertz CT molecular complexity index is 602. The van der Waals surface area contributed by atoms with E-state index in [1.165, 1.54) is 25.3 Å². The van der Waals surface area contributed by atoms with E-state index < -0.39 is 21.7 Å². The second-order valence-electron chi connectivity index (χ2n) is 3.56. The van der Waals surface area contributed by atoms with Crippen molar-refractivity contribution in [3.63, 3.8) is 0 Å². The van der Waals surface area contributed by atoms with Crippen molar-refractivity contribution in [1.29, 1.82) is 5.26 Å². The fraction of sp³-hybridized carbons (Fsp3) is 0.273.